The molecule has 0 aromatic carbocycles. The number of nitrogens with one attached hydrogen (secondary N) is 2. The molecule has 2 fully saturated rings. The molecule has 0 saturated carbocycles. The lowest BCUT2D eigenvalue weighted by Gasteiger charge is -2.17. The van der Waals surface area contributed by atoms with Crippen molar-refractivity contribution in [2.75, 3.05) is 32.2 Å². The fourth-order valence-corrected chi connectivity index (χ4v) is 3.37. The van der Waals surface area contributed by atoms with Gasteiger partial charge in [0, 0.05) is 13.2 Å². The van der Waals surface area contributed by atoms with Gasteiger partial charge in [0.1, 0.15) is 24.6 Å². The Morgan fingerprint density at radius 3 is 2.96 bits per heavy atom. The monoisotopic (exact) mass is 394 g/mol. The zero-order valence-electron chi connectivity index (χ0n) is 15.2. The second-order valence-corrected chi connectivity index (χ2v) is 6.67. The van der Waals surface area contributed by atoms with E-state index in [1.54, 1.807) is 4.57 Å². The number of hydrogen-bond donors (Lipinski definition) is 4. The maximum absolute atomic E-state index is 11.2. The molecule has 12 heteroatoms. The number of imidazole rings is 1. The third-order valence-corrected chi connectivity index (χ3v) is 4.87. The lowest BCUT2D eigenvalue weighted by Crippen LogP contribution is -2.39. The highest BCUT2D eigenvalue weighted by Crippen LogP contribution is 2.32. The Balaban J connectivity index is 1.54. The van der Waals surface area contributed by atoms with Crippen LogP contribution in [0, 0.1) is 0 Å². The van der Waals surface area contributed by atoms with Gasteiger partial charge in [0.05, 0.1) is 26.1 Å². The van der Waals surface area contributed by atoms with E-state index in [0.717, 1.165) is 6.42 Å². The van der Waals surface area contributed by atoms with Crippen molar-refractivity contribution in [1.82, 2.24) is 24.8 Å². The van der Waals surface area contributed by atoms with Crippen LogP contribution in [0.15, 0.2) is 12.7 Å². The van der Waals surface area contributed by atoms with Gasteiger partial charge >= 0.3 is 6.09 Å². The Hall–Kier alpha value is -2.54. The summed E-state index contributed by atoms with van der Waals surface area (Å²) in [5, 5.41) is 26.4. The summed E-state index contributed by atoms with van der Waals surface area (Å²) in [6.07, 6.45) is -1.06. The van der Waals surface area contributed by atoms with E-state index in [1.165, 1.54) is 19.8 Å². The lowest BCUT2D eigenvalue weighted by atomic mass is 10.1. The molecule has 2 saturated heterocycles. The highest BCUT2D eigenvalue weighted by Gasteiger charge is 2.44. The summed E-state index contributed by atoms with van der Waals surface area (Å²) in [6.45, 7) is 1.27. The molecule has 0 bridgehead atoms. The molecule has 5 unspecified atom stereocenters. The van der Waals surface area contributed by atoms with Gasteiger partial charge in [-0.25, -0.2) is 19.7 Å². The first-order valence-corrected chi connectivity index (χ1v) is 8.93. The van der Waals surface area contributed by atoms with Gasteiger partial charge in [-0.3, -0.25) is 4.57 Å². The minimum atomic E-state index is -1.23. The summed E-state index contributed by atoms with van der Waals surface area (Å²) >= 11 is 0. The van der Waals surface area contributed by atoms with Crippen LogP contribution in [-0.2, 0) is 14.2 Å². The summed E-state index contributed by atoms with van der Waals surface area (Å²) < 4.78 is 17.2. The number of ether oxygens (including phenoxy) is 3. The van der Waals surface area contributed by atoms with Gasteiger partial charge in [-0.1, -0.05) is 0 Å². The summed E-state index contributed by atoms with van der Waals surface area (Å²) in [6, 6.07) is 0.146. The maximum atomic E-state index is 11.2. The standard InChI is InChI=1S/C16H22N6O6/c1-26-16(25)17-4-9-11(23)12(24)15(28-9)22-7-20-10-13(18-6-19-14(10)22)21-8-2-3-27-5-8/h6-9,11-12,15,23-24H,2-5H2,1H3,(H,17,25)(H,18,19,21). The number of amides is 1. The average molecular weight is 394 g/mol. The zero-order chi connectivity index (χ0) is 19.7. The molecule has 2 aromatic heterocycles. The number of carbonyl (C=O) groups excluding carboxylic acids is 1. The second-order valence-electron chi connectivity index (χ2n) is 6.67. The molecule has 0 spiro atoms. The van der Waals surface area contributed by atoms with Crippen LogP contribution in [0.5, 0.6) is 0 Å². The molecule has 28 heavy (non-hydrogen) atoms. The number of alkyl carbamates (subject to hydrolysis) is 1. The number of carbonyl (C=O) groups is 1. The molecule has 5 atom stereocenters. The van der Waals surface area contributed by atoms with Crippen LogP contribution in [0.2, 0.25) is 0 Å². The Bertz CT molecular complexity index is 840. The first-order valence-electron chi connectivity index (χ1n) is 8.93. The SMILES string of the molecule is COC(=O)NCC1OC(n2cnc3c(NC4CCOC4)ncnc32)C(O)C1O. The van der Waals surface area contributed by atoms with Crippen molar-refractivity contribution in [2.24, 2.45) is 0 Å². The van der Waals surface area contributed by atoms with E-state index in [9.17, 15) is 15.0 Å². The highest BCUT2D eigenvalue weighted by molar-refractivity contribution is 5.82. The molecule has 1 amide bonds. The Morgan fingerprint density at radius 1 is 1.36 bits per heavy atom. The van der Waals surface area contributed by atoms with E-state index in [0.29, 0.717) is 30.2 Å². The summed E-state index contributed by atoms with van der Waals surface area (Å²) in [4.78, 5) is 24.1. The van der Waals surface area contributed by atoms with Crippen LogP contribution >= 0.6 is 0 Å². The van der Waals surface area contributed by atoms with Gasteiger partial charge in [0.25, 0.3) is 0 Å². The van der Waals surface area contributed by atoms with Gasteiger partial charge in [0.2, 0.25) is 0 Å². The van der Waals surface area contributed by atoms with E-state index in [1.807, 2.05) is 0 Å². The molecular formula is C16H22N6O6. The summed E-state index contributed by atoms with van der Waals surface area (Å²) in [5.74, 6) is 0.566. The predicted molar refractivity (Wildman–Crippen MR) is 94.5 cm³/mol. The zero-order valence-corrected chi connectivity index (χ0v) is 15.2. The number of aliphatic hydroxyl groups excluding tert-OH is 2. The van der Waals surface area contributed by atoms with Crippen LogP contribution in [-0.4, -0.2) is 87.0 Å². The van der Waals surface area contributed by atoms with Crippen molar-refractivity contribution in [1.29, 1.82) is 0 Å². The number of aromatic nitrogens is 4. The van der Waals surface area contributed by atoms with Crippen LogP contribution in [0.1, 0.15) is 12.6 Å². The van der Waals surface area contributed by atoms with E-state index in [-0.39, 0.29) is 12.6 Å². The Kier molecular flexibility index (Phi) is 5.26. The quantitative estimate of drug-likeness (QED) is 0.497. The van der Waals surface area contributed by atoms with Crippen LogP contribution in [0.3, 0.4) is 0 Å². The van der Waals surface area contributed by atoms with Gasteiger partial charge < -0.3 is 35.1 Å². The molecule has 0 aliphatic carbocycles. The van der Waals surface area contributed by atoms with Crippen molar-refractivity contribution in [3.8, 4) is 0 Å². The summed E-state index contributed by atoms with van der Waals surface area (Å²) in [7, 11) is 1.24. The number of aliphatic hydroxyl groups is 2. The highest BCUT2D eigenvalue weighted by atomic mass is 16.6. The first kappa shape index (κ1) is 18.8. The van der Waals surface area contributed by atoms with Gasteiger partial charge in [-0.15, -0.1) is 0 Å². The molecule has 12 nitrogen and oxygen atoms in total. The Labute approximate surface area is 159 Å². The minimum Gasteiger partial charge on any atom is -0.453 e. The molecule has 2 aliphatic rings. The van der Waals surface area contributed by atoms with Crippen molar-refractivity contribution in [2.45, 2.75) is 37.0 Å². The Morgan fingerprint density at radius 2 is 2.21 bits per heavy atom. The topological polar surface area (TPSA) is 153 Å². The van der Waals surface area contributed by atoms with Gasteiger partial charge in [0.15, 0.2) is 23.2 Å². The molecule has 4 rings (SSSR count). The first-order chi connectivity index (χ1) is 13.6. The largest absolute Gasteiger partial charge is 0.453 e. The molecular weight excluding hydrogens is 372 g/mol. The predicted octanol–water partition coefficient (Wildman–Crippen LogP) is -0.998. The normalized spacial score (nSPS) is 29.9. The van der Waals surface area contributed by atoms with Crippen LogP contribution in [0.4, 0.5) is 10.6 Å². The van der Waals surface area contributed by atoms with Crippen LogP contribution in [0.25, 0.3) is 11.2 Å². The number of anilines is 1. The second kappa shape index (κ2) is 7.83. The average Bonchev–Trinajstić information content (AvgIpc) is 3.42. The van der Waals surface area contributed by atoms with Crippen molar-refractivity contribution in [3.05, 3.63) is 12.7 Å². The van der Waals surface area contributed by atoms with E-state index >= 15 is 0 Å². The van der Waals surface area contributed by atoms with E-state index < -0.39 is 30.6 Å². The molecule has 4 N–H and O–H groups in total. The smallest absolute Gasteiger partial charge is 0.406 e. The number of hydrogen-bond acceptors (Lipinski definition) is 10. The summed E-state index contributed by atoms with van der Waals surface area (Å²) in [5.41, 5.74) is 0.977. The van der Waals surface area contributed by atoms with Crippen LogP contribution < -0.4 is 10.6 Å². The van der Waals surface area contributed by atoms with Crippen molar-refractivity contribution < 1.29 is 29.2 Å². The number of fused-ring (bicyclic) bond motifs is 1. The maximum Gasteiger partial charge on any atom is 0.406 e. The van der Waals surface area contributed by atoms with Gasteiger partial charge in [-0.2, -0.15) is 0 Å². The molecule has 2 aliphatic heterocycles. The third-order valence-electron chi connectivity index (χ3n) is 4.87. The number of rotatable bonds is 5. The third kappa shape index (κ3) is 3.46. The lowest BCUT2D eigenvalue weighted by molar-refractivity contribution is -0.0339. The minimum absolute atomic E-state index is 0.0164. The van der Waals surface area contributed by atoms with Crippen molar-refractivity contribution in [3.63, 3.8) is 0 Å². The van der Waals surface area contributed by atoms with Crippen molar-refractivity contribution >= 4 is 23.1 Å². The van der Waals surface area contributed by atoms with Gasteiger partial charge in [-0.05, 0) is 6.42 Å². The fourth-order valence-electron chi connectivity index (χ4n) is 3.37. The molecule has 2 aromatic rings. The number of methoxy groups -OCH3 is 1. The molecule has 0 radical (unpaired) electrons. The number of nitrogens with zero attached hydrogens (tertiary/aromatic N) is 4. The van der Waals surface area contributed by atoms with E-state index in [4.69, 9.17) is 9.47 Å². The molecule has 152 valence electrons. The fraction of sp³-hybridized carbons (Fsp3) is 0.625. The molecule has 4 heterocycles. The van der Waals surface area contributed by atoms with E-state index in [2.05, 4.69) is 30.3 Å².